The Morgan fingerprint density at radius 2 is 1.27 bits per heavy atom. The predicted molar refractivity (Wildman–Crippen MR) is 290 cm³/mol. The summed E-state index contributed by atoms with van der Waals surface area (Å²) in [5, 5.41) is 156. The predicted octanol–water partition coefficient (Wildman–Crippen LogP) is -2.22. The zero-order valence-electron chi connectivity index (χ0n) is 50.1. The maximum Gasteiger partial charge on any atom is 0.335 e. The molecule has 86 heavy (non-hydrogen) atoms. The normalized spacial score (nSPS) is 51.2. The number of carboxylic acid groups (broad SMARTS) is 1. The molecule has 0 bridgehead atoms. The fraction of sp³-hybridized carbons (Fsp3) is 0.881. The van der Waals surface area contributed by atoms with Gasteiger partial charge in [0.15, 0.2) is 31.3 Å². The van der Waals surface area contributed by atoms with Crippen molar-refractivity contribution in [3.05, 3.63) is 23.3 Å². The standard InChI is InChI=1S/C59H92O27/c1-10-24(2)49(76)86-46-47(79-25(3)63)59(23-62)27(17-54(46,4)5)26-11-12-32-55(6)15-14-34(56(7,22-61)31(55)13-16-57(32,8)58(26,9)18-33(59)66)81-53-45(85-52-44(36(68)29(65)21-78-52)84-50-39(71)35(67)28(64)20-77-50)42(41(73)43(83-53)48(74)75)82-51-40(72)38(70)37(69)30(19-60)80-51/h10-11,27-47,50-53,60-62,64-73H,12-23H2,1-9H3,(H,74,75)/b24-10-/t27-,28+,29-,30-,31+,32+,33+,34-,35+,36+,37-,38-,39-,40+,41-,42-,43-,44+,45-,46-,47-,50+,51-,52+,53-,55-,56-,57+,58+,59-/m0/s1. The molecule has 30 atom stereocenters. The number of esters is 2. The summed E-state index contributed by atoms with van der Waals surface area (Å²) in [6, 6.07) is 0. The van der Waals surface area contributed by atoms with Crippen molar-refractivity contribution in [2.75, 3.05) is 33.0 Å². The summed E-state index contributed by atoms with van der Waals surface area (Å²) < 4.78 is 60.8. The third-order valence-electron chi connectivity index (χ3n) is 22.4. The van der Waals surface area contributed by atoms with Gasteiger partial charge in [-0.2, -0.15) is 0 Å². The van der Waals surface area contributed by atoms with Gasteiger partial charge in [0.1, 0.15) is 91.6 Å². The largest absolute Gasteiger partial charge is 0.479 e. The summed E-state index contributed by atoms with van der Waals surface area (Å²) in [5.41, 5.74) is -4.02. The van der Waals surface area contributed by atoms with Crippen LogP contribution in [-0.4, -0.2) is 257 Å². The first-order valence-electron chi connectivity index (χ1n) is 30.0. The zero-order valence-corrected chi connectivity index (χ0v) is 50.1. The molecule has 4 heterocycles. The fourth-order valence-electron chi connectivity index (χ4n) is 17.1. The van der Waals surface area contributed by atoms with E-state index in [9.17, 15) is 85.9 Å². The average Bonchev–Trinajstić information content (AvgIpc) is 0.675. The van der Waals surface area contributed by atoms with Crippen molar-refractivity contribution in [3.63, 3.8) is 0 Å². The highest BCUT2D eigenvalue weighted by Gasteiger charge is 2.74. The number of carbonyl (C=O) groups is 3. The third kappa shape index (κ3) is 11.0. The van der Waals surface area contributed by atoms with Crippen LogP contribution in [0, 0.1) is 50.2 Å². The summed E-state index contributed by atoms with van der Waals surface area (Å²) in [5.74, 6) is -4.03. The molecule has 0 aromatic rings. The van der Waals surface area contributed by atoms with Gasteiger partial charge in [-0.25, -0.2) is 9.59 Å². The number of aliphatic hydroxyl groups excluding tert-OH is 13. The van der Waals surface area contributed by atoms with E-state index >= 15 is 0 Å². The van der Waals surface area contributed by atoms with E-state index in [0.717, 1.165) is 5.57 Å². The third-order valence-corrected chi connectivity index (χ3v) is 22.4. The first-order valence-corrected chi connectivity index (χ1v) is 30.0. The molecule has 0 radical (unpaired) electrons. The Bertz CT molecular complexity index is 2510. The van der Waals surface area contributed by atoms with E-state index in [-0.39, 0.29) is 24.7 Å². The van der Waals surface area contributed by atoms with Crippen LogP contribution in [0.5, 0.6) is 0 Å². The zero-order chi connectivity index (χ0) is 63.3. The second-order valence-corrected chi connectivity index (χ2v) is 27.4. The van der Waals surface area contributed by atoms with Crippen LogP contribution in [-0.2, 0) is 61.8 Å². The first kappa shape index (κ1) is 67.4. The van der Waals surface area contributed by atoms with Gasteiger partial charge in [0.2, 0.25) is 0 Å². The molecular formula is C59H92O27. The molecule has 0 spiro atoms. The lowest BCUT2D eigenvalue weighted by atomic mass is 9.33. The Hall–Kier alpha value is -2.95. The quantitative estimate of drug-likeness (QED) is 0.0357. The maximum atomic E-state index is 13.5. The van der Waals surface area contributed by atoms with Crippen LogP contribution in [0.1, 0.15) is 107 Å². The van der Waals surface area contributed by atoms with Crippen LogP contribution in [0.25, 0.3) is 0 Å². The number of hydrogen-bond acceptors (Lipinski definition) is 26. The van der Waals surface area contributed by atoms with Gasteiger partial charge in [0, 0.05) is 23.3 Å². The molecule has 27 heteroatoms. The molecule has 8 fully saturated rings. The molecule has 0 aromatic carbocycles. The smallest absolute Gasteiger partial charge is 0.335 e. The number of aliphatic hydroxyl groups is 13. The SMILES string of the molecule is C/C=C(/C)C(=O)O[C@H]1[C@H](OC(C)=O)[C@]2(CO)[C@H](O)C[C@]3(C)C(=CC[C@@H]4[C@@]5(C)CC[C@H](O[C@H]6O[C@H](C(=O)O)[C@@H](O)[C@H](O[C@@H]7O[C@@H](CO)[C@H](O)[C@H](O)[C@H]7O)[C@@H]6O[C@H]6OC[C@H](O)[C@@H](O)[C@H]6O[C@H]6OC[C@@H](O)[C@@H](O)[C@@H]6O)[C@@](C)(CO)[C@@H]5CC[C@]43C)[C@@H]2CC1(C)C. The molecular weight excluding hydrogens is 1140 g/mol. The highest BCUT2D eigenvalue weighted by molar-refractivity contribution is 5.87. The van der Waals surface area contributed by atoms with Crippen molar-refractivity contribution >= 4 is 17.9 Å². The summed E-state index contributed by atoms with van der Waals surface area (Å²) in [7, 11) is 0. The lowest BCUT2D eigenvalue weighted by molar-refractivity contribution is -0.400. The van der Waals surface area contributed by atoms with Gasteiger partial charge in [-0.15, -0.1) is 0 Å². The summed E-state index contributed by atoms with van der Waals surface area (Å²) in [6.45, 7) is 13.6. The van der Waals surface area contributed by atoms with Gasteiger partial charge < -0.3 is 119 Å². The molecule has 5 aliphatic carbocycles. The molecule has 9 aliphatic rings. The second-order valence-electron chi connectivity index (χ2n) is 27.4. The van der Waals surface area contributed by atoms with Gasteiger partial charge in [-0.05, 0) is 92.8 Å². The Morgan fingerprint density at radius 1 is 0.640 bits per heavy atom. The summed E-state index contributed by atoms with van der Waals surface area (Å²) in [6.07, 6.45) is -32.4. The van der Waals surface area contributed by atoms with Crippen LogP contribution in [0.2, 0.25) is 0 Å². The van der Waals surface area contributed by atoms with Crippen molar-refractivity contribution in [2.45, 2.75) is 242 Å². The number of allylic oxidation sites excluding steroid dienone is 3. The summed E-state index contributed by atoms with van der Waals surface area (Å²) >= 11 is 0. The van der Waals surface area contributed by atoms with Crippen molar-refractivity contribution in [1.29, 1.82) is 0 Å². The molecule has 4 saturated carbocycles. The number of fused-ring (bicyclic) bond motifs is 7. The molecule has 4 aliphatic heterocycles. The number of carbonyl (C=O) groups excluding carboxylic acids is 2. The number of ether oxygens (including phenoxy) is 10. The van der Waals surface area contributed by atoms with Crippen LogP contribution < -0.4 is 0 Å². The monoisotopic (exact) mass is 1230 g/mol. The average molecular weight is 1230 g/mol. The molecule has 0 unspecified atom stereocenters. The molecule has 4 saturated heterocycles. The van der Waals surface area contributed by atoms with E-state index in [1.54, 1.807) is 19.9 Å². The van der Waals surface area contributed by atoms with Crippen LogP contribution in [0.15, 0.2) is 23.3 Å². The lowest BCUT2D eigenvalue weighted by Crippen LogP contribution is -2.72. The van der Waals surface area contributed by atoms with Gasteiger partial charge in [0.25, 0.3) is 0 Å². The highest BCUT2D eigenvalue weighted by atomic mass is 16.8. The molecule has 0 aromatic heterocycles. The van der Waals surface area contributed by atoms with Crippen molar-refractivity contribution in [3.8, 4) is 0 Å². The van der Waals surface area contributed by atoms with Gasteiger partial charge in [-0.3, -0.25) is 4.79 Å². The van der Waals surface area contributed by atoms with E-state index in [0.29, 0.717) is 37.7 Å². The topological polar surface area (TPSA) is 427 Å². The fourth-order valence-corrected chi connectivity index (χ4v) is 17.1. The van der Waals surface area contributed by atoms with E-state index in [1.165, 1.54) is 6.92 Å². The van der Waals surface area contributed by atoms with Crippen LogP contribution in [0.3, 0.4) is 0 Å². The second kappa shape index (κ2) is 24.9. The van der Waals surface area contributed by atoms with E-state index in [2.05, 4.69) is 26.8 Å². The van der Waals surface area contributed by atoms with Crippen molar-refractivity contribution < 1.29 is 133 Å². The van der Waals surface area contributed by atoms with Crippen LogP contribution >= 0.6 is 0 Å². The molecule has 490 valence electrons. The number of aliphatic carboxylic acids is 1. The Balaban J connectivity index is 1.06. The van der Waals surface area contributed by atoms with Gasteiger partial charge in [-0.1, -0.05) is 59.3 Å². The molecule has 0 amide bonds. The van der Waals surface area contributed by atoms with E-state index in [1.807, 2.05) is 20.8 Å². The van der Waals surface area contributed by atoms with Gasteiger partial charge in [0.05, 0.1) is 50.7 Å². The van der Waals surface area contributed by atoms with Crippen molar-refractivity contribution in [1.82, 2.24) is 0 Å². The molecule has 27 nitrogen and oxygen atoms in total. The lowest BCUT2D eigenvalue weighted by Gasteiger charge is -2.72. The Kier molecular flexibility index (Phi) is 19.5. The minimum Gasteiger partial charge on any atom is -0.479 e. The summed E-state index contributed by atoms with van der Waals surface area (Å²) in [4.78, 5) is 39.6. The number of rotatable bonds is 15. The molecule has 14 N–H and O–H groups in total. The number of carboxylic acids is 1. The minimum atomic E-state index is -2.26. The van der Waals surface area contributed by atoms with Crippen molar-refractivity contribution in [2.24, 2.45) is 50.2 Å². The highest BCUT2D eigenvalue weighted by Crippen LogP contribution is 2.76. The first-order chi connectivity index (χ1) is 40.3. The number of hydrogen-bond donors (Lipinski definition) is 14. The molecule has 9 rings (SSSR count). The minimum absolute atomic E-state index is 0.121. The van der Waals surface area contributed by atoms with E-state index < -0.39 is 224 Å². The van der Waals surface area contributed by atoms with Gasteiger partial charge >= 0.3 is 17.9 Å². The van der Waals surface area contributed by atoms with Crippen LogP contribution in [0.4, 0.5) is 0 Å². The maximum absolute atomic E-state index is 13.5. The Morgan fingerprint density at radius 3 is 1.88 bits per heavy atom. The Labute approximate surface area is 498 Å². The van der Waals surface area contributed by atoms with E-state index in [4.69, 9.17) is 47.4 Å².